The van der Waals surface area contributed by atoms with Crippen molar-refractivity contribution in [1.82, 2.24) is 0 Å². The van der Waals surface area contributed by atoms with E-state index in [2.05, 4.69) is 132 Å². The fourth-order valence-corrected chi connectivity index (χ4v) is 19.0. The summed E-state index contributed by atoms with van der Waals surface area (Å²) in [6.45, 7) is 43.1. The Balaban J connectivity index is 0.000000202. The Bertz CT molecular complexity index is 3170. The third-order valence-electron chi connectivity index (χ3n) is 27.1. The van der Waals surface area contributed by atoms with E-state index in [9.17, 15) is 26.3 Å². The lowest BCUT2D eigenvalue weighted by atomic mass is 9.68. The van der Waals surface area contributed by atoms with Crippen molar-refractivity contribution in [3.05, 3.63) is 164 Å². The standard InChI is InChI=1S/C32H44F2.C30H46F2.C26H38F2O/c1-18-19(2)21(4)29(22(5)20(18)3)15-16-30-23(6)25(8)32(26(9)24(30)7)28-13-10-27(11-14-28)12-17-31(33)34;1-20-21(2)23(4)29(24(5)22(20)3)9-7-6-8-25-10-15-27(16-11-25)28-17-12-26(13-18-28)14-19-30(31)32;1-16-17(2)19(4)26(20(5)18(16)3)29-24-13-11-23(12-14-24)22-9-6-21(7-10-22)8-15-25(27)28/h17,27-28H,10-16H2,1-9H3;19,25-28H,6-18H2,1-5H3;15,21-24H,6-14H2,1-5H3. The molecule has 0 aromatic heterocycles. The fraction of sp³-hybridized carbons (Fsp3) is 0.659. The van der Waals surface area contributed by atoms with Crippen LogP contribution in [0.15, 0.2) is 36.5 Å². The molecule has 1 nitrogen and oxygen atoms in total. The van der Waals surface area contributed by atoms with E-state index in [1.807, 2.05) is 0 Å². The van der Waals surface area contributed by atoms with Gasteiger partial charge in [-0.1, -0.05) is 25.7 Å². The van der Waals surface area contributed by atoms with Crippen LogP contribution in [0, 0.1) is 179 Å². The maximum atomic E-state index is 12.5. The molecule has 0 spiro atoms. The summed E-state index contributed by atoms with van der Waals surface area (Å²) in [6, 6.07) is 0. The number of halogens is 6. The van der Waals surface area contributed by atoms with Crippen LogP contribution in [0.5, 0.6) is 5.75 Å². The van der Waals surface area contributed by atoms with Crippen molar-refractivity contribution in [3.8, 4) is 5.75 Å². The predicted molar refractivity (Wildman–Crippen MR) is 393 cm³/mol. The van der Waals surface area contributed by atoms with Crippen molar-refractivity contribution in [2.24, 2.45) is 47.3 Å². The summed E-state index contributed by atoms with van der Waals surface area (Å²) >= 11 is 0. The summed E-state index contributed by atoms with van der Waals surface area (Å²) in [6.07, 6.45) is 32.6. The van der Waals surface area contributed by atoms with Gasteiger partial charge < -0.3 is 4.74 Å². The van der Waals surface area contributed by atoms with Gasteiger partial charge in [0.15, 0.2) is 0 Å². The third-order valence-corrected chi connectivity index (χ3v) is 27.1. The SMILES string of the molecule is Cc1c(C)c(C)c(CCCCC2CCC(C3CCC(CC=C(F)F)CC3)CC2)c(C)c1C.Cc1c(C)c(C)c(CCc2c(C)c(C)c(C3CCC(CC=C(F)F)CC3)c(C)c2C)c(C)c1C.Cc1c(C)c(C)c(OC2CCC(C3CCC(CC=C(F)F)CC3)CC2)c(C)c1C. The molecule has 7 heteroatoms. The zero-order valence-corrected chi connectivity index (χ0v) is 63.2. The van der Waals surface area contributed by atoms with E-state index in [1.54, 1.807) is 11.1 Å². The van der Waals surface area contributed by atoms with Crippen molar-refractivity contribution >= 4 is 0 Å². The number of hydrogen-bond acceptors (Lipinski definition) is 1. The molecule has 9 rings (SSSR count). The first kappa shape index (κ1) is 77.8. The Kier molecular flexibility index (Phi) is 29.5. The van der Waals surface area contributed by atoms with Gasteiger partial charge in [-0.2, -0.15) is 26.3 Å². The lowest BCUT2D eigenvalue weighted by Gasteiger charge is -2.38. The van der Waals surface area contributed by atoms with Gasteiger partial charge in [-0.3, -0.25) is 0 Å². The minimum absolute atomic E-state index is 0.333. The molecule has 4 aromatic rings. The van der Waals surface area contributed by atoms with Gasteiger partial charge in [0, 0.05) is 0 Å². The second-order valence-corrected chi connectivity index (χ2v) is 31.7. The normalized spacial score (nSPS) is 23.8. The smallest absolute Gasteiger partial charge is 0.266 e. The summed E-state index contributed by atoms with van der Waals surface area (Å²) in [5, 5.41) is 0. The second kappa shape index (κ2) is 36.0. The average Bonchev–Trinajstić information content (AvgIpc) is 0.788. The Morgan fingerprint density at radius 2 is 0.547 bits per heavy atom. The molecule has 0 atom stereocenters. The summed E-state index contributed by atoms with van der Waals surface area (Å²) in [7, 11) is 0. The van der Waals surface area contributed by atoms with Gasteiger partial charge >= 0.3 is 0 Å². The summed E-state index contributed by atoms with van der Waals surface area (Å²) in [5.41, 5.74) is 33.4. The van der Waals surface area contributed by atoms with Gasteiger partial charge in [0.1, 0.15) is 5.75 Å². The second-order valence-electron chi connectivity index (χ2n) is 31.7. The van der Waals surface area contributed by atoms with E-state index in [1.165, 1.54) is 207 Å². The zero-order chi connectivity index (χ0) is 69.7. The highest BCUT2D eigenvalue weighted by Gasteiger charge is 2.34. The Labute approximate surface area is 575 Å². The van der Waals surface area contributed by atoms with Crippen LogP contribution < -0.4 is 4.74 Å². The van der Waals surface area contributed by atoms with Crippen molar-refractivity contribution in [2.75, 3.05) is 0 Å². The monoisotopic (exact) mass is 1310 g/mol. The number of unbranched alkanes of at least 4 members (excludes halogenated alkanes) is 1. The molecule has 528 valence electrons. The lowest BCUT2D eigenvalue weighted by molar-refractivity contribution is 0.0914. The maximum absolute atomic E-state index is 12.5. The zero-order valence-electron chi connectivity index (χ0n) is 63.2. The van der Waals surface area contributed by atoms with E-state index in [-0.39, 0.29) is 0 Å². The van der Waals surface area contributed by atoms with Crippen LogP contribution in [0.1, 0.15) is 301 Å². The molecule has 95 heavy (non-hydrogen) atoms. The van der Waals surface area contributed by atoms with E-state index in [4.69, 9.17) is 4.74 Å². The predicted octanol–water partition coefficient (Wildman–Crippen LogP) is 27.6. The molecule has 0 amide bonds. The average molecular weight is 1320 g/mol. The third kappa shape index (κ3) is 20.1. The highest BCUT2D eigenvalue weighted by Crippen LogP contribution is 2.47. The highest BCUT2D eigenvalue weighted by molar-refractivity contribution is 5.55. The molecular formula is C88H128F6O. The maximum Gasteiger partial charge on any atom is 0.266 e. The van der Waals surface area contributed by atoms with Crippen molar-refractivity contribution < 1.29 is 31.1 Å². The summed E-state index contributed by atoms with van der Waals surface area (Å²) < 4.78 is 80.9. The van der Waals surface area contributed by atoms with Crippen LogP contribution >= 0.6 is 0 Å². The van der Waals surface area contributed by atoms with Crippen molar-refractivity contribution in [3.63, 3.8) is 0 Å². The molecule has 5 fully saturated rings. The van der Waals surface area contributed by atoms with Crippen molar-refractivity contribution in [2.45, 2.75) is 330 Å². The number of allylic oxidation sites excluding steroid dienone is 3. The minimum Gasteiger partial charge on any atom is -0.490 e. The summed E-state index contributed by atoms with van der Waals surface area (Å²) in [4.78, 5) is 0. The van der Waals surface area contributed by atoms with Crippen LogP contribution in [0.3, 0.4) is 0 Å². The number of benzene rings is 4. The van der Waals surface area contributed by atoms with Crippen LogP contribution in [-0.2, 0) is 19.3 Å². The van der Waals surface area contributed by atoms with E-state index >= 15 is 0 Å². The molecule has 0 bridgehead atoms. The molecule has 5 aliphatic rings. The molecular weight excluding hydrogens is 1190 g/mol. The van der Waals surface area contributed by atoms with Gasteiger partial charge in [0.05, 0.1) is 6.10 Å². The van der Waals surface area contributed by atoms with Gasteiger partial charge in [-0.25, -0.2) is 0 Å². The minimum atomic E-state index is -1.53. The Hall–Kier alpha value is -4.52. The van der Waals surface area contributed by atoms with E-state index < -0.39 is 18.2 Å². The molecule has 0 aliphatic heterocycles. The van der Waals surface area contributed by atoms with Crippen LogP contribution in [0.25, 0.3) is 0 Å². The first-order chi connectivity index (χ1) is 45.0. The van der Waals surface area contributed by atoms with Crippen LogP contribution in [0.2, 0.25) is 0 Å². The molecule has 0 N–H and O–H groups in total. The quantitative estimate of drug-likeness (QED) is 0.0672. The van der Waals surface area contributed by atoms with E-state index in [0.717, 1.165) is 131 Å². The van der Waals surface area contributed by atoms with Crippen LogP contribution in [0.4, 0.5) is 26.3 Å². The van der Waals surface area contributed by atoms with Crippen molar-refractivity contribution in [1.29, 1.82) is 0 Å². The Morgan fingerprint density at radius 1 is 0.284 bits per heavy atom. The Morgan fingerprint density at radius 3 is 0.874 bits per heavy atom. The lowest BCUT2D eigenvalue weighted by Crippen LogP contribution is -2.30. The molecule has 5 saturated carbocycles. The molecule has 0 unspecified atom stereocenters. The number of rotatable bonds is 19. The van der Waals surface area contributed by atoms with Crippen LogP contribution in [-0.4, -0.2) is 6.10 Å². The fourth-order valence-electron chi connectivity index (χ4n) is 19.0. The number of hydrogen-bond donors (Lipinski definition) is 0. The first-order valence-corrected chi connectivity index (χ1v) is 38.0. The largest absolute Gasteiger partial charge is 0.490 e. The van der Waals surface area contributed by atoms with Gasteiger partial charge in [-0.15, -0.1) is 0 Å². The number of ether oxygens (including phenoxy) is 1. The first-order valence-electron chi connectivity index (χ1n) is 38.0. The molecule has 0 radical (unpaired) electrons. The molecule has 5 aliphatic carbocycles. The van der Waals surface area contributed by atoms with Gasteiger partial charge in [-0.05, 0) is 492 Å². The van der Waals surface area contributed by atoms with Gasteiger partial charge in [0.2, 0.25) is 0 Å². The molecule has 0 heterocycles. The topological polar surface area (TPSA) is 9.23 Å². The molecule has 4 aromatic carbocycles. The van der Waals surface area contributed by atoms with Gasteiger partial charge in [0.25, 0.3) is 18.2 Å². The van der Waals surface area contributed by atoms with E-state index in [0.29, 0.717) is 49.0 Å². The molecule has 0 saturated heterocycles. The summed E-state index contributed by atoms with van der Waals surface area (Å²) in [5.74, 6) is 7.35. The highest BCUT2D eigenvalue weighted by atomic mass is 19.3.